The van der Waals surface area contributed by atoms with E-state index in [1.54, 1.807) is 0 Å². The van der Waals surface area contributed by atoms with Crippen molar-refractivity contribution in [1.82, 2.24) is 9.78 Å². The zero-order valence-electron chi connectivity index (χ0n) is 10.2. The van der Waals surface area contributed by atoms with Crippen LogP contribution in [0.5, 0.6) is 5.75 Å². The normalized spacial score (nSPS) is 10.8. The van der Waals surface area contributed by atoms with E-state index in [1.165, 1.54) is 19.2 Å². The minimum atomic E-state index is -3.20. The molecule has 20 heavy (non-hydrogen) atoms. The van der Waals surface area contributed by atoms with Gasteiger partial charge >= 0.3 is 12.6 Å². The average Bonchev–Trinajstić information content (AvgIpc) is 2.67. The van der Waals surface area contributed by atoms with Crippen molar-refractivity contribution in [2.45, 2.75) is 6.61 Å². The van der Waals surface area contributed by atoms with Gasteiger partial charge in [-0.3, -0.25) is 4.68 Å². The molecule has 1 aromatic heterocycles. The van der Waals surface area contributed by atoms with Crippen LogP contribution in [0.2, 0.25) is 0 Å². The molecule has 0 aliphatic rings. The van der Waals surface area contributed by atoms with Gasteiger partial charge in [-0.05, 0) is 24.3 Å². The molecule has 8 heteroatoms. The molecular formula is C12H9F3N2O3. The summed E-state index contributed by atoms with van der Waals surface area (Å²) in [5.41, 5.74) is -0.292. The molecule has 0 spiro atoms. The highest BCUT2D eigenvalue weighted by molar-refractivity contribution is 5.92. The van der Waals surface area contributed by atoms with Crippen molar-refractivity contribution in [3.63, 3.8) is 0 Å². The second kappa shape index (κ2) is 5.24. The van der Waals surface area contributed by atoms with Crippen molar-refractivity contribution < 1.29 is 27.8 Å². The molecule has 106 valence electrons. The SMILES string of the molecule is Cn1nc(C(=O)O)c(OC(F)F)c1-c1ccc(F)cc1. The summed E-state index contributed by atoms with van der Waals surface area (Å²) in [6.07, 6.45) is 0. The lowest BCUT2D eigenvalue weighted by Gasteiger charge is -2.08. The van der Waals surface area contributed by atoms with Crippen LogP contribution in [0.15, 0.2) is 24.3 Å². The number of carboxylic acid groups (broad SMARTS) is 1. The zero-order valence-corrected chi connectivity index (χ0v) is 10.2. The predicted molar refractivity (Wildman–Crippen MR) is 62.2 cm³/mol. The maximum atomic E-state index is 12.9. The highest BCUT2D eigenvalue weighted by atomic mass is 19.3. The largest absolute Gasteiger partial charge is 0.476 e. The molecule has 2 rings (SSSR count). The molecule has 0 unspecified atom stereocenters. The standard InChI is InChI=1S/C12H9F3N2O3/c1-17-9(6-2-4-7(13)5-3-6)10(20-12(14)15)8(16-17)11(18)19/h2-5,12H,1H3,(H,18,19). The summed E-state index contributed by atoms with van der Waals surface area (Å²) in [6, 6.07) is 4.87. The van der Waals surface area contributed by atoms with Gasteiger partial charge in [-0.1, -0.05) is 0 Å². The Morgan fingerprint density at radius 3 is 2.45 bits per heavy atom. The maximum Gasteiger partial charge on any atom is 0.387 e. The van der Waals surface area contributed by atoms with Crippen molar-refractivity contribution in [2.75, 3.05) is 0 Å². The van der Waals surface area contributed by atoms with Gasteiger partial charge < -0.3 is 9.84 Å². The summed E-state index contributed by atoms with van der Waals surface area (Å²) in [5.74, 6) is -2.56. The molecule has 0 bridgehead atoms. The Morgan fingerprint density at radius 1 is 1.35 bits per heavy atom. The minimum Gasteiger partial charge on any atom is -0.476 e. The van der Waals surface area contributed by atoms with Gasteiger partial charge in [0.1, 0.15) is 11.5 Å². The van der Waals surface area contributed by atoms with Gasteiger partial charge in [0.25, 0.3) is 0 Å². The van der Waals surface area contributed by atoms with Crippen LogP contribution >= 0.6 is 0 Å². The highest BCUT2D eigenvalue weighted by Gasteiger charge is 2.26. The molecule has 1 heterocycles. The summed E-state index contributed by atoms with van der Waals surface area (Å²) >= 11 is 0. The van der Waals surface area contributed by atoms with Gasteiger partial charge in [0.2, 0.25) is 5.69 Å². The smallest absolute Gasteiger partial charge is 0.387 e. The van der Waals surface area contributed by atoms with Crippen LogP contribution in [-0.2, 0) is 7.05 Å². The summed E-state index contributed by atoms with van der Waals surface area (Å²) < 4.78 is 43.1. The quantitative estimate of drug-likeness (QED) is 0.938. The Morgan fingerprint density at radius 2 is 1.95 bits per heavy atom. The average molecular weight is 286 g/mol. The monoisotopic (exact) mass is 286 g/mol. The Labute approximate surface area is 111 Å². The van der Waals surface area contributed by atoms with Gasteiger partial charge in [0.15, 0.2) is 5.75 Å². The molecule has 0 aliphatic carbocycles. The lowest BCUT2D eigenvalue weighted by atomic mass is 10.1. The fourth-order valence-electron chi connectivity index (χ4n) is 1.77. The topological polar surface area (TPSA) is 64.4 Å². The first-order valence-corrected chi connectivity index (χ1v) is 5.41. The number of aromatic carboxylic acids is 1. The van der Waals surface area contributed by atoms with Crippen LogP contribution in [0.1, 0.15) is 10.5 Å². The number of ether oxygens (including phenoxy) is 1. The van der Waals surface area contributed by atoms with E-state index >= 15 is 0 Å². The Bertz CT molecular complexity index is 638. The summed E-state index contributed by atoms with van der Waals surface area (Å²) in [5, 5.41) is 12.6. The fraction of sp³-hybridized carbons (Fsp3) is 0.167. The van der Waals surface area contributed by atoms with Gasteiger partial charge in [-0.2, -0.15) is 13.9 Å². The molecule has 1 aromatic carbocycles. The van der Waals surface area contributed by atoms with E-state index in [0.29, 0.717) is 5.56 Å². The van der Waals surface area contributed by atoms with E-state index in [2.05, 4.69) is 9.84 Å². The maximum absolute atomic E-state index is 12.9. The molecule has 0 aliphatic heterocycles. The van der Waals surface area contributed by atoms with Crippen LogP contribution in [0.4, 0.5) is 13.2 Å². The number of hydrogen-bond donors (Lipinski definition) is 1. The number of nitrogens with zero attached hydrogens (tertiary/aromatic N) is 2. The lowest BCUT2D eigenvalue weighted by Crippen LogP contribution is -2.07. The van der Waals surface area contributed by atoms with Crippen LogP contribution in [0, 0.1) is 5.82 Å². The summed E-state index contributed by atoms with van der Waals surface area (Å²) in [6.45, 7) is -3.20. The molecule has 0 saturated heterocycles. The minimum absolute atomic E-state index is 0.0303. The van der Waals surface area contributed by atoms with Gasteiger partial charge in [0.05, 0.1) is 0 Å². The van der Waals surface area contributed by atoms with Gasteiger partial charge in [-0.25, -0.2) is 9.18 Å². The summed E-state index contributed by atoms with van der Waals surface area (Å²) in [7, 11) is 1.38. The third-order valence-corrected chi connectivity index (χ3v) is 2.53. The molecule has 0 saturated carbocycles. The first-order chi connectivity index (χ1) is 9.40. The van der Waals surface area contributed by atoms with E-state index in [4.69, 9.17) is 5.11 Å². The lowest BCUT2D eigenvalue weighted by molar-refractivity contribution is -0.0499. The Balaban J connectivity index is 2.61. The number of carboxylic acids is 1. The third kappa shape index (κ3) is 2.58. The van der Waals surface area contributed by atoms with Crippen LogP contribution in [0.25, 0.3) is 11.3 Å². The zero-order chi connectivity index (χ0) is 14.9. The number of aryl methyl sites for hydroxylation is 1. The summed E-state index contributed by atoms with van der Waals surface area (Å²) in [4.78, 5) is 11.0. The second-order valence-electron chi connectivity index (χ2n) is 3.84. The molecule has 0 amide bonds. The highest BCUT2D eigenvalue weighted by Crippen LogP contribution is 2.34. The van der Waals surface area contributed by atoms with Crippen LogP contribution in [0.3, 0.4) is 0 Å². The van der Waals surface area contributed by atoms with Gasteiger partial charge in [0, 0.05) is 12.6 Å². The van der Waals surface area contributed by atoms with Crippen LogP contribution < -0.4 is 4.74 Å². The number of halogens is 3. The molecule has 0 radical (unpaired) electrons. The number of alkyl halides is 2. The molecular weight excluding hydrogens is 277 g/mol. The van der Waals surface area contributed by atoms with E-state index in [0.717, 1.165) is 16.8 Å². The molecule has 1 N–H and O–H groups in total. The molecule has 0 fully saturated rings. The van der Waals surface area contributed by atoms with Crippen molar-refractivity contribution in [3.05, 3.63) is 35.8 Å². The molecule has 0 atom stereocenters. The molecule has 5 nitrogen and oxygen atoms in total. The number of benzene rings is 1. The van der Waals surface area contributed by atoms with E-state index < -0.39 is 29.8 Å². The number of hydrogen-bond acceptors (Lipinski definition) is 3. The number of carbonyl (C=O) groups is 1. The van der Waals surface area contributed by atoms with E-state index in [9.17, 15) is 18.0 Å². The van der Waals surface area contributed by atoms with Crippen molar-refractivity contribution >= 4 is 5.97 Å². The first kappa shape index (κ1) is 13.9. The van der Waals surface area contributed by atoms with E-state index in [-0.39, 0.29) is 5.69 Å². The fourth-order valence-corrected chi connectivity index (χ4v) is 1.77. The Hall–Kier alpha value is -2.51. The second-order valence-corrected chi connectivity index (χ2v) is 3.84. The van der Waals surface area contributed by atoms with Crippen molar-refractivity contribution in [1.29, 1.82) is 0 Å². The van der Waals surface area contributed by atoms with Crippen molar-refractivity contribution in [3.8, 4) is 17.0 Å². The first-order valence-electron chi connectivity index (χ1n) is 5.41. The van der Waals surface area contributed by atoms with Crippen molar-refractivity contribution in [2.24, 2.45) is 7.05 Å². The number of rotatable bonds is 4. The molecule has 2 aromatic rings. The van der Waals surface area contributed by atoms with E-state index in [1.807, 2.05) is 0 Å². The number of aromatic nitrogens is 2. The van der Waals surface area contributed by atoms with Crippen LogP contribution in [-0.4, -0.2) is 27.5 Å². The predicted octanol–water partition coefficient (Wildman–Crippen LogP) is 2.53. The third-order valence-electron chi connectivity index (χ3n) is 2.53. The Kier molecular flexibility index (Phi) is 3.64. The van der Waals surface area contributed by atoms with Gasteiger partial charge in [-0.15, -0.1) is 0 Å².